The van der Waals surface area contributed by atoms with Gasteiger partial charge in [0.05, 0.1) is 32.6 Å². The van der Waals surface area contributed by atoms with E-state index in [2.05, 4.69) is 14.9 Å². The minimum atomic E-state index is -0.204. The van der Waals surface area contributed by atoms with Crippen molar-refractivity contribution >= 4 is 17.8 Å². The third-order valence-corrected chi connectivity index (χ3v) is 4.71. The van der Waals surface area contributed by atoms with Crippen molar-refractivity contribution in [3.05, 3.63) is 17.5 Å². The van der Waals surface area contributed by atoms with Gasteiger partial charge in [-0.2, -0.15) is 0 Å². The zero-order chi connectivity index (χ0) is 16.6. The van der Waals surface area contributed by atoms with Crippen molar-refractivity contribution in [2.45, 2.75) is 33.2 Å². The van der Waals surface area contributed by atoms with Gasteiger partial charge in [-0.3, -0.25) is 14.5 Å². The SMILES string of the molecule is CCN1C(=O)C[C@@H]([NH+]2CCN(c3nc(C)cc(C)n3)CC2)C1=O. The van der Waals surface area contributed by atoms with Gasteiger partial charge in [-0.05, 0) is 26.8 Å². The number of imide groups is 1. The molecular weight excluding hydrogens is 294 g/mol. The van der Waals surface area contributed by atoms with E-state index < -0.39 is 0 Å². The van der Waals surface area contributed by atoms with Crippen LogP contribution in [0.15, 0.2) is 6.07 Å². The highest BCUT2D eigenvalue weighted by molar-refractivity contribution is 6.04. The third-order valence-electron chi connectivity index (χ3n) is 4.71. The highest BCUT2D eigenvalue weighted by Gasteiger charge is 2.45. The van der Waals surface area contributed by atoms with E-state index in [4.69, 9.17) is 0 Å². The number of likely N-dealkylation sites (tertiary alicyclic amines) is 1. The van der Waals surface area contributed by atoms with Crippen molar-refractivity contribution in [1.29, 1.82) is 0 Å². The number of quaternary nitrogens is 1. The van der Waals surface area contributed by atoms with E-state index in [-0.39, 0.29) is 17.9 Å². The first-order chi connectivity index (χ1) is 11.0. The molecule has 7 nitrogen and oxygen atoms in total. The number of carbonyl (C=O) groups is 2. The normalized spacial score (nSPS) is 23.0. The number of nitrogens with zero attached hydrogens (tertiary/aromatic N) is 4. The van der Waals surface area contributed by atoms with Crippen LogP contribution in [0.4, 0.5) is 5.95 Å². The largest absolute Gasteiger partial charge is 0.330 e. The lowest BCUT2D eigenvalue weighted by Gasteiger charge is -2.34. The summed E-state index contributed by atoms with van der Waals surface area (Å²) in [7, 11) is 0. The molecule has 0 aliphatic carbocycles. The molecule has 0 radical (unpaired) electrons. The maximum absolute atomic E-state index is 12.3. The van der Waals surface area contributed by atoms with Gasteiger partial charge >= 0.3 is 0 Å². The molecule has 3 rings (SSSR count). The predicted octanol–water partition coefficient (Wildman–Crippen LogP) is -1.05. The number of amides is 2. The summed E-state index contributed by atoms with van der Waals surface area (Å²) in [6, 6.07) is 1.76. The van der Waals surface area contributed by atoms with Crippen LogP contribution in [0, 0.1) is 13.8 Å². The smallest absolute Gasteiger partial charge is 0.288 e. The molecule has 2 saturated heterocycles. The second kappa shape index (κ2) is 6.23. The molecule has 0 aromatic carbocycles. The van der Waals surface area contributed by atoms with E-state index in [9.17, 15) is 9.59 Å². The molecule has 0 spiro atoms. The number of anilines is 1. The Labute approximate surface area is 136 Å². The lowest BCUT2D eigenvalue weighted by molar-refractivity contribution is -0.915. The lowest BCUT2D eigenvalue weighted by atomic mass is 10.2. The van der Waals surface area contributed by atoms with Crippen molar-refractivity contribution in [2.75, 3.05) is 37.6 Å². The second-order valence-electron chi connectivity index (χ2n) is 6.33. The predicted molar refractivity (Wildman–Crippen MR) is 85.2 cm³/mol. The number of aromatic nitrogens is 2. The van der Waals surface area contributed by atoms with Crippen LogP contribution in [-0.4, -0.2) is 65.4 Å². The number of carbonyl (C=O) groups excluding carboxylic acids is 2. The Morgan fingerprint density at radius 2 is 1.78 bits per heavy atom. The molecule has 1 N–H and O–H groups in total. The van der Waals surface area contributed by atoms with Crippen LogP contribution in [0.1, 0.15) is 24.7 Å². The summed E-state index contributed by atoms with van der Waals surface area (Å²) >= 11 is 0. The fourth-order valence-electron chi connectivity index (χ4n) is 3.53. The Bertz CT molecular complexity index is 605. The topological polar surface area (TPSA) is 70.8 Å². The summed E-state index contributed by atoms with van der Waals surface area (Å²) in [4.78, 5) is 38.0. The van der Waals surface area contributed by atoms with Gasteiger partial charge in [-0.25, -0.2) is 9.97 Å². The number of piperazine rings is 1. The molecule has 0 saturated carbocycles. The van der Waals surface area contributed by atoms with Gasteiger partial charge in [0.2, 0.25) is 11.9 Å². The van der Waals surface area contributed by atoms with Gasteiger partial charge in [-0.15, -0.1) is 0 Å². The van der Waals surface area contributed by atoms with E-state index >= 15 is 0 Å². The van der Waals surface area contributed by atoms with Gasteiger partial charge in [0, 0.05) is 17.9 Å². The summed E-state index contributed by atoms with van der Waals surface area (Å²) in [6.45, 7) is 9.55. The standard InChI is InChI=1S/C16H23N5O2/c1-4-21-14(22)10-13(15(21)23)19-5-7-20(8-6-19)16-17-11(2)9-12(3)18-16/h9,13H,4-8,10H2,1-3H3/p+1/t13-/m1/s1. The van der Waals surface area contributed by atoms with Crippen LogP contribution < -0.4 is 9.80 Å². The van der Waals surface area contributed by atoms with Crippen LogP contribution in [0.2, 0.25) is 0 Å². The summed E-state index contributed by atoms with van der Waals surface area (Å²) < 4.78 is 0. The first-order valence-corrected chi connectivity index (χ1v) is 8.25. The molecule has 0 bridgehead atoms. The minimum Gasteiger partial charge on any atom is -0.330 e. The van der Waals surface area contributed by atoms with Gasteiger partial charge in [0.1, 0.15) is 0 Å². The van der Waals surface area contributed by atoms with E-state index in [1.165, 1.54) is 9.80 Å². The summed E-state index contributed by atoms with van der Waals surface area (Å²) in [5, 5.41) is 0. The number of hydrogen-bond donors (Lipinski definition) is 1. The lowest BCUT2D eigenvalue weighted by Crippen LogP contribution is -3.19. The van der Waals surface area contributed by atoms with Gasteiger partial charge in [0.25, 0.3) is 5.91 Å². The maximum atomic E-state index is 12.3. The van der Waals surface area contributed by atoms with Crippen LogP contribution in [0.3, 0.4) is 0 Å². The Hall–Kier alpha value is -2.02. The number of likely N-dealkylation sites (N-methyl/N-ethyl adjacent to an activating group) is 1. The quantitative estimate of drug-likeness (QED) is 0.720. The molecule has 2 aliphatic heterocycles. The molecule has 0 unspecified atom stereocenters. The zero-order valence-electron chi connectivity index (χ0n) is 14.0. The monoisotopic (exact) mass is 318 g/mol. The number of aryl methyl sites for hydroxylation is 2. The average Bonchev–Trinajstić information content (AvgIpc) is 2.80. The van der Waals surface area contributed by atoms with Crippen molar-refractivity contribution in [2.24, 2.45) is 0 Å². The van der Waals surface area contributed by atoms with Crippen molar-refractivity contribution in [3.8, 4) is 0 Å². The van der Waals surface area contributed by atoms with Gasteiger partial charge in [0.15, 0.2) is 6.04 Å². The Morgan fingerprint density at radius 3 is 2.30 bits per heavy atom. The van der Waals surface area contributed by atoms with Crippen molar-refractivity contribution < 1.29 is 14.5 Å². The highest BCUT2D eigenvalue weighted by Crippen LogP contribution is 2.13. The third kappa shape index (κ3) is 3.06. The molecular formula is C16H24N5O2+. The molecule has 2 amide bonds. The number of nitrogens with one attached hydrogen (secondary N) is 1. The Morgan fingerprint density at radius 1 is 1.17 bits per heavy atom. The van der Waals surface area contributed by atoms with Crippen molar-refractivity contribution in [1.82, 2.24) is 14.9 Å². The average molecular weight is 318 g/mol. The van der Waals surface area contributed by atoms with Crippen LogP contribution in [0.25, 0.3) is 0 Å². The van der Waals surface area contributed by atoms with E-state index in [1.807, 2.05) is 26.8 Å². The fraction of sp³-hybridized carbons (Fsp3) is 0.625. The van der Waals surface area contributed by atoms with Crippen LogP contribution in [-0.2, 0) is 9.59 Å². The number of hydrogen-bond acceptors (Lipinski definition) is 5. The molecule has 1 aromatic heterocycles. The number of rotatable bonds is 3. The van der Waals surface area contributed by atoms with E-state index in [1.54, 1.807) is 0 Å². The van der Waals surface area contributed by atoms with Crippen LogP contribution >= 0.6 is 0 Å². The molecule has 23 heavy (non-hydrogen) atoms. The summed E-state index contributed by atoms with van der Waals surface area (Å²) in [5.41, 5.74) is 1.94. The second-order valence-corrected chi connectivity index (χ2v) is 6.33. The van der Waals surface area contributed by atoms with E-state index in [0.717, 1.165) is 43.5 Å². The summed E-state index contributed by atoms with van der Waals surface area (Å²) in [5.74, 6) is 0.726. The molecule has 1 aromatic rings. The Balaban J connectivity index is 1.65. The molecule has 2 aliphatic rings. The van der Waals surface area contributed by atoms with E-state index in [0.29, 0.717) is 13.0 Å². The fourth-order valence-corrected chi connectivity index (χ4v) is 3.53. The molecule has 124 valence electrons. The molecule has 7 heteroatoms. The summed E-state index contributed by atoms with van der Waals surface area (Å²) in [6.07, 6.45) is 0.349. The molecule has 1 atom stereocenters. The zero-order valence-corrected chi connectivity index (χ0v) is 14.0. The molecule has 3 heterocycles. The first-order valence-electron chi connectivity index (χ1n) is 8.25. The van der Waals surface area contributed by atoms with Gasteiger partial charge in [-0.1, -0.05) is 0 Å². The molecule has 2 fully saturated rings. The Kier molecular flexibility index (Phi) is 4.30. The van der Waals surface area contributed by atoms with Crippen LogP contribution in [0.5, 0.6) is 0 Å². The maximum Gasteiger partial charge on any atom is 0.288 e. The first kappa shape index (κ1) is 15.9. The van der Waals surface area contributed by atoms with Crippen molar-refractivity contribution in [3.63, 3.8) is 0 Å². The highest BCUT2D eigenvalue weighted by atomic mass is 16.2. The minimum absolute atomic E-state index is 0.0106. The van der Waals surface area contributed by atoms with Gasteiger partial charge < -0.3 is 9.80 Å².